The van der Waals surface area contributed by atoms with Crippen molar-refractivity contribution in [3.63, 3.8) is 0 Å². The van der Waals surface area contributed by atoms with Gasteiger partial charge in [0.15, 0.2) is 0 Å². The van der Waals surface area contributed by atoms with E-state index in [-0.39, 0.29) is 11.9 Å². The summed E-state index contributed by atoms with van der Waals surface area (Å²) in [5.74, 6) is 0.117. The van der Waals surface area contributed by atoms with Crippen LogP contribution in [0.15, 0.2) is 17.5 Å². The van der Waals surface area contributed by atoms with Crippen LogP contribution < -0.4 is 5.73 Å². The highest BCUT2D eigenvalue weighted by Gasteiger charge is 2.17. The van der Waals surface area contributed by atoms with E-state index in [9.17, 15) is 4.79 Å². The molecular weight excluding hydrogens is 260 g/mol. The zero-order valence-electron chi connectivity index (χ0n) is 11.8. The SMILES string of the molecule is CCCC(N)CC(=O)N(CCOC)Cc1cccs1. The molecule has 108 valence electrons. The number of carbonyl (C=O) groups excluding carboxylic acids is 1. The number of methoxy groups -OCH3 is 1. The molecular formula is C14H24N2O2S. The number of thiophene rings is 1. The van der Waals surface area contributed by atoms with Crippen molar-refractivity contribution in [3.05, 3.63) is 22.4 Å². The molecule has 0 fully saturated rings. The molecule has 19 heavy (non-hydrogen) atoms. The smallest absolute Gasteiger partial charge is 0.224 e. The minimum atomic E-state index is -0.0362. The second-order valence-corrected chi connectivity index (χ2v) is 5.67. The van der Waals surface area contributed by atoms with Crippen molar-refractivity contribution in [3.8, 4) is 0 Å². The molecule has 0 bridgehead atoms. The fourth-order valence-corrected chi connectivity index (χ4v) is 2.63. The highest BCUT2D eigenvalue weighted by Crippen LogP contribution is 2.13. The fraction of sp³-hybridized carbons (Fsp3) is 0.643. The second-order valence-electron chi connectivity index (χ2n) is 4.64. The average Bonchev–Trinajstić information content (AvgIpc) is 2.87. The summed E-state index contributed by atoms with van der Waals surface area (Å²) in [5, 5.41) is 2.02. The maximum absolute atomic E-state index is 12.3. The van der Waals surface area contributed by atoms with Crippen molar-refractivity contribution in [1.82, 2.24) is 4.90 Å². The average molecular weight is 284 g/mol. The van der Waals surface area contributed by atoms with Crippen LogP contribution in [0.3, 0.4) is 0 Å². The lowest BCUT2D eigenvalue weighted by molar-refractivity contribution is -0.132. The van der Waals surface area contributed by atoms with Gasteiger partial charge in [0.1, 0.15) is 0 Å². The first-order valence-corrected chi connectivity index (χ1v) is 7.60. The maximum Gasteiger partial charge on any atom is 0.224 e. The summed E-state index contributed by atoms with van der Waals surface area (Å²) >= 11 is 1.67. The van der Waals surface area contributed by atoms with E-state index in [1.54, 1.807) is 18.4 Å². The van der Waals surface area contributed by atoms with Crippen molar-refractivity contribution in [1.29, 1.82) is 0 Å². The van der Waals surface area contributed by atoms with Crippen LogP contribution in [0.1, 0.15) is 31.1 Å². The lowest BCUT2D eigenvalue weighted by Gasteiger charge is -2.23. The Morgan fingerprint density at radius 2 is 2.37 bits per heavy atom. The fourth-order valence-electron chi connectivity index (χ4n) is 1.91. The quantitative estimate of drug-likeness (QED) is 0.756. The Labute approximate surface area is 119 Å². The van der Waals surface area contributed by atoms with Crippen LogP contribution in [0.5, 0.6) is 0 Å². The van der Waals surface area contributed by atoms with Crippen LogP contribution in [0, 0.1) is 0 Å². The van der Waals surface area contributed by atoms with Crippen LogP contribution in [-0.2, 0) is 16.1 Å². The molecule has 0 aliphatic carbocycles. The third kappa shape index (κ3) is 6.18. The van der Waals surface area contributed by atoms with Gasteiger partial charge in [-0.2, -0.15) is 0 Å². The minimum Gasteiger partial charge on any atom is -0.383 e. The molecule has 0 spiro atoms. The van der Waals surface area contributed by atoms with Crippen LogP contribution in [0.25, 0.3) is 0 Å². The van der Waals surface area contributed by atoms with Crippen molar-refractivity contribution >= 4 is 17.2 Å². The second kappa shape index (κ2) is 9.07. The van der Waals surface area contributed by atoms with Gasteiger partial charge in [0.05, 0.1) is 13.2 Å². The van der Waals surface area contributed by atoms with E-state index in [2.05, 4.69) is 6.92 Å². The van der Waals surface area contributed by atoms with Gasteiger partial charge in [0.25, 0.3) is 0 Å². The Hall–Kier alpha value is -0.910. The lowest BCUT2D eigenvalue weighted by Crippen LogP contribution is -2.37. The summed E-state index contributed by atoms with van der Waals surface area (Å²) in [4.78, 5) is 15.3. The third-order valence-electron chi connectivity index (χ3n) is 2.94. The molecule has 1 heterocycles. The van der Waals surface area contributed by atoms with E-state index in [1.807, 2.05) is 22.4 Å². The van der Waals surface area contributed by atoms with Crippen LogP contribution in [-0.4, -0.2) is 37.1 Å². The van der Waals surface area contributed by atoms with E-state index < -0.39 is 0 Å². The molecule has 1 amide bonds. The standard InChI is InChI=1S/C14H24N2O2S/c1-3-5-12(15)10-14(17)16(7-8-18-2)11-13-6-4-9-19-13/h4,6,9,12H,3,5,7-8,10-11,15H2,1-2H3. The molecule has 0 saturated heterocycles. The van der Waals surface area contributed by atoms with Gasteiger partial charge < -0.3 is 15.4 Å². The van der Waals surface area contributed by atoms with Gasteiger partial charge in [-0.15, -0.1) is 11.3 Å². The van der Waals surface area contributed by atoms with Crippen LogP contribution in [0.4, 0.5) is 0 Å². The number of ether oxygens (including phenoxy) is 1. The minimum absolute atomic E-state index is 0.0362. The van der Waals surface area contributed by atoms with Crippen molar-refractivity contribution in [2.45, 2.75) is 38.8 Å². The van der Waals surface area contributed by atoms with Gasteiger partial charge in [0.2, 0.25) is 5.91 Å². The Balaban J connectivity index is 2.54. The van der Waals surface area contributed by atoms with E-state index in [4.69, 9.17) is 10.5 Å². The molecule has 1 atom stereocenters. The zero-order chi connectivity index (χ0) is 14.1. The molecule has 4 nitrogen and oxygen atoms in total. The molecule has 1 aromatic rings. The van der Waals surface area contributed by atoms with Gasteiger partial charge in [-0.25, -0.2) is 0 Å². The van der Waals surface area contributed by atoms with E-state index in [1.165, 1.54) is 4.88 Å². The van der Waals surface area contributed by atoms with Crippen molar-refractivity contribution in [2.24, 2.45) is 5.73 Å². The first kappa shape index (κ1) is 16.1. The normalized spacial score (nSPS) is 12.4. The number of carbonyl (C=O) groups is 1. The number of rotatable bonds is 9. The molecule has 0 aliphatic rings. The largest absolute Gasteiger partial charge is 0.383 e. The molecule has 1 rings (SSSR count). The highest BCUT2D eigenvalue weighted by atomic mass is 32.1. The van der Waals surface area contributed by atoms with Gasteiger partial charge in [-0.05, 0) is 17.9 Å². The maximum atomic E-state index is 12.3. The van der Waals surface area contributed by atoms with Crippen molar-refractivity contribution < 1.29 is 9.53 Å². The first-order chi connectivity index (χ1) is 9.17. The van der Waals surface area contributed by atoms with E-state index >= 15 is 0 Å². The number of amides is 1. The summed E-state index contributed by atoms with van der Waals surface area (Å²) in [7, 11) is 1.65. The molecule has 1 unspecified atom stereocenters. The summed E-state index contributed by atoms with van der Waals surface area (Å²) < 4.78 is 5.07. The van der Waals surface area contributed by atoms with E-state index in [0.717, 1.165) is 12.8 Å². The number of hydrogen-bond donors (Lipinski definition) is 1. The Kier molecular flexibility index (Phi) is 7.70. The Morgan fingerprint density at radius 1 is 1.58 bits per heavy atom. The predicted octanol–water partition coefficient (Wildman–Crippen LogP) is 2.24. The van der Waals surface area contributed by atoms with Gasteiger partial charge in [-0.3, -0.25) is 4.79 Å². The predicted molar refractivity (Wildman–Crippen MR) is 79.1 cm³/mol. The summed E-state index contributed by atoms with van der Waals surface area (Å²) in [6.07, 6.45) is 2.32. The zero-order valence-corrected chi connectivity index (χ0v) is 12.6. The molecule has 1 aromatic heterocycles. The summed E-state index contributed by atoms with van der Waals surface area (Å²) in [6.45, 7) is 3.91. The monoisotopic (exact) mass is 284 g/mol. The van der Waals surface area contributed by atoms with E-state index in [0.29, 0.717) is 26.1 Å². The molecule has 2 N–H and O–H groups in total. The first-order valence-electron chi connectivity index (χ1n) is 6.72. The van der Waals surface area contributed by atoms with Crippen LogP contribution >= 0.6 is 11.3 Å². The Morgan fingerprint density at radius 3 is 2.95 bits per heavy atom. The highest BCUT2D eigenvalue weighted by molar-refractivity contribution is 7.09. The molecule has 0 aliphatic heterocycles. The molecule has 0 radical (unpaired) electrons. The topological polar surface area (TPSA) is 55.6 Å². The van der Waals surface area contributed by atoms with Crippen LogP contribution in [0.2, 0.25) is 0 Å². The summed E-state index contributed by atoms with van der Waals surface area (Å²) in [5.41, 5.74) is 5.95. The number of nitrogens with two attached hydrogens (primary N) is 1. The molecule has 0 saturated carbocycles. The number of nitrogens with zero attached hydrogens (tertiary/aromatic N) is 1. The molecule has 0 aromatic carbocycles. The van der Waals surface area contributed by atoms with Crippen molar-refractivity contribution in [2.75, 3.05) is 20.3 Å². The lowest BCUT2D eigenvalue weighted by atomic mass is 10.1. The number of hydrogen-bond acceptors (Lipinski definition) is 4. The van der Waals surface area contributed by atoms with Gasteiger partial charge in [0, 0.05) is 31.0 Å². The Bertz CT molecular complexity index is 354. The third-order valence-corrected chi connectivity index (χ3v) is 3.80. The summed E-state index contributed by atoms with van der Waals surface area (Å²) in [6, 6.07) is 4.01. The van der Waals surface area contributed by atoms with Gasteiger partial charge >= 0.3 is 0 Å². The molecule has 5 heteroatoms. The van der Waals surface area contributed by atoms with Gasteiger partial charge in [-0.1, -0.05) is 19.4 Å².